The normalized spacial score (nSPS) is 10.7. The summed E-state index contributed by atoms with van der Waals surface area (Å²) in [5, 5.41) is 0. The number of hydrogen-bond donors (Lipinski definition) is 0. The molecule has 0 fully saturated rings. The van der Waals surface area contributed by atoms with Crippen LogP contribution < -0.4 is 0 Å². The number of allylic oxidation sites excluding steroid dienone is 3. The second-order valence-corrected chi connectivity index (χ2v) is 2.50. The van der Waals surface area contributed by atoms with Crippen molar-refractivity contribution in [2.45, 2.75) is 19.3 Å². The van der Waals surface area contributed by atoms with E-state index in [0.29, 0.717) is 0 Å². The molecule has 0 radical (unpaired) electrons. The van der Waals surface area contributed by atoms with E-state index >= 15 is 0 Å². The van der Waals surface area contributed by atoms with Crippen LogP contribution in [0.5, 0.6) is 0 Å². The first kappa shape index (κ1) is 25.5. The van der Waals surface area contributed by atoms with E-state index in [2.05, 4.69) is 30.8 Å². The average molecular weight is 292 g/mol. The van der Waals surface area contributed by atoms with Crippen molar-refractivity contribution in [1.29, 1.82) is 0 Å². The van der Waals surface area contributed by atoms with Gasteiger partial charge in [0, 0.05) is 22.6 Å². The summed E-state index contributed by atoms with van der Waals surface area (Å²) in [6.45, 7) is 13.5. The van der Waals surface area contributed by atoms with E-state index in [1.807, 2.05) is 12.2 Å². The summed E-state index contributed by atoms with van der Waals surface area (Å²) < 4.78 is 27.1. The summed E-state index contributed by atoms with van der Waals surface area (Å²) in [5.74, 6) is -0.198. The fraction of sp³-hybridized carbons (Fsp3) is 0.333. The third-order valence-electron chi connectivity index (χ3n) is 1.70. The molecular weight excluding hydrogens is 280 g/mol. The van der Waals surface area contributed by atoms with Gasteiger partial charge in [0.2, 0.25) is 0 Å². The molecule has 1 rings (SSSR count). The molecule has 0 unspecified atom stereocenters. The molecule has 0 saturated carbocycles. The van der Waals surface area contributed by atoms with Gasteiger partial charge < -0.3 is 4.74 Å². The Hall–Kier alpha value is -1.31. The second-order valence-electron chi connectivity index (χ2n) is 2.50. The zero-order valence-electron chi connectivity index (χ0n) is 9.75. The minimum absolute atomic E-state index is 0. The zero-order valence-corrected chi connectivity index (χ0v) is 10.9. The Morgan fingerprint density at radius 1 is 1.22 bits per heavy atom. The molecule has 0 saturated heterocycles. The Morgan fingerprint density at radius 2 is 1.72 bits per heavy atom. The van der Waals surface area contributed by atoms with Crippen molar-refractivity contribution in [3.8, 4) is 0 Å². The number of methoxy groups -OCH3 is 1. The summed E-state index contributed by atoms with van der Waals surface area (Å²) in [6.07, 6.45) is 8.74. The van der Waals surface area contributed by atoms with Crippen molar-refractivity contribution in [2.75, 3.05) is 7.11 Å². The molecule has 1 aliphatic rings. The van der Waals surface area contributed by atoms with Crippen molar-refractivity contribution in [1.82, 2.24) is 0 Å². The van der Waals surface area contributed by atoms with Gasteiger partial charge in [-0.2, -0.15) is 0 Å². The number of hydrogen-bond acceptors (Lipinski definition) is 2. The summed E-state index contributed by atoms with van der Waals surface area (Å²) in [6, 6.07) is 0. The maximum absolute atomic E-state index is 11.0. The van der Waals surface area contributed by atoms with Crippen LogP contribution in [-0.4, -0.2) is 13.1 Å². The van der Waals surface area contributed by atoms with Gasteiger partial charge in [-0.3, -0.25) is 0 Å². The van der Waals surface area contributed by atoms with E-state index < -0.39 is 0 Å². The topological polar surface area (TPSA) is 86.0 Å². The quantitative estimate of drug-likeness (QED) is 0.319. The first-order valence-corrected chi connectivity index (χ1v) is 4.40. The monoisotopic (exact) mass is 292 g/mol. The third kappa shape index (κ3) is 14.7. The van der Waals surface area contributed by atoms with Crippen molar-refractivity contribution in [3.05, 3.63) is 43.8 Å². The van der Waals surface area contributed by atoms with Gasteiger partial charge >= 0.3 is 39.9 Å². The van der Waals surface area contributed by atoms with Gasteiger partial charge in [0.05, 0.1) is 7.11 Å². The molecular formula is C12H12FeO5. The van der Waals surface area contributed by atoms with Gasteiger partial charge in [-0.15, -0.1) is 0 Å². The van der Waals surface area contributed by atoms with Gasteiger partial charge in [0.15, 0.2) is 0 Å². The van der Waals surface area contributed by atoms with Gasteiger partial charge in [-0.05, 0) is 19.3 Å². The van der Waals surface area contributed by atoms with Gasteiger partial charge in [-0.25, -0.2) is 4.79 Å². The standard InChI is InChI=1S/C9H12O2.3CO.Fe/c1-11-9(10)8-6-4-2-3-5-7-8;3*1-2;/h2,4,6H,3,5,7H2,1H3;;;;. The second kappa shape index (κ2) is 24.8. The van der Waals surface area contributed by atoms with Crippen LogP contribution in [0, 0.1) is 20.0 Å². The number of ether oxygens (including phenoxy) is 1. The van der Waals surface area contributed by atoms with E-state index in [-0.39, 0.29) is 23.0 Å². The first-order chi connectivity index (χ1) is 8.34. The predicted molar refractivity (Wildman–Crippen MR) is 54.9 cm³/mol. The third-order valence-corrected chi connectivity index (χ3v) is 1.70. The molecule has 0 N–H and O–H groups in total. The summed E-state index contributed by atoms with van der Waals surface area (Å²) in [7, 11) is 1.41. The molecule has 0 amide bonds. The minimum Gasteiger partial charge on any atom is 0 e. The molecule has 0 aromatic carbocycles. The van der Waals surface area contributed by atoms with Crippen molar-refractivity contribution in [3.63, 3.8) is 0 Å². The Labute approximate surface area is 117 Å². The molecule has 0 bridgehead atoms. The van der Waals surface area contributed by atoms with Crippen LogP contribution in [0.25, 0.3) is 0 Å². The van der Waals surface area contributed by atoms with Gasteiger partial charge in [-0.1, -0.05) is 18.2 Å². The van der Waals surface area contributed by atoms with E-state index in [1.165, 1.54) is 7.11 Å². The molecule has 0 heterocycles. The van der Waals surface area contributed by atoms with Crippen LogP contribution in [0.4, 0.5) is 0 Å². The molecule has 0 aliphatic heterocycles. The molecule has 98 valence electrons. The SMILES string of the molecule is COC(=O)C1=CC=CCCC1.[C-]#[O+].[C-]#[O+].[C-]#[O+].[Fe]. The smallest absolute Gasteiger partial charge is 0 e. The van der Waals surface area contributed by atoms with Crippen molar-refractivity contribution in [2.24, 2.45) is 0 Å². The molecule has 0 spiro atoms. The van der Waals surface area contributed by atoms with E-state index in [9.17, 15) is 4.79 Å². The maximum Gasteiger partial charge on any atom is 0 e. The maximum atomic E-state index is 11.0. The summed E-state index contributed by atoms with van der Waals surface area (Å²) in [5.41, 5.74) is 0.779. The zero-order chi connectivity index (χ0) is 14.1. The van der Waals surface area contributed by atoms with E-state index in [0.717, 1.165) is 24.8 Å². The first-order valence-electron chi connectivity index (χ1n) is 4.40. The molecule has 0 aromatic heterocycles. The number of carbonyl (C=O) groups excluding carboxylic acids is 1. The average Bonchev–Trinajstić information content (AvgIpc) is 2.73. The Morgan fingerprint density at radius 3 is 2.17 bits per heavy atom. The molecule has 1 aliphatic carbocycles. The van der Waals surface area contributed by atoms with E-state index in [4.69, 9.17) is 14.0 Å². The minimum atomic E-state index is -0.198. The Balaban J connectivity index is -0.000000123. The summed E-state index contributed by atoms with van der Waals surface area (Å²) >= 11 is 0. The number of rotatable bonds is 1. The molecule has 6 heteroatoms. The Kier molecular flexibility index (Phi) is 35.1. The van der Waals surface area contributed by atoms with Crippen LogP contribution in [0.2, 0.25) is 0 Å². The fourth-order valence-corrected chi connectivity index (χ4v) is 1.08. The van der Waals surface area contributed by atoms with Crippen LogP contribution in [-0.2, 0) is 40.6 Å². The van der Waals surface area contributed by atoms with E-state index in [1.54, 1.807) is 0 Å². The number of esters is 1. The summed E-state index contributed by atoms with van der Waals surface area (Å²) in [4.78, 5) is 11.0. The van der Waals surface area contributed by atoms with Crippen LogP contribution in [0.3, 0.4) is 0 Å². The number of carbonyl (C=O) groups is 1. The largest absolute Gasteiger partial charge is 0 e. The molecule has 5 nitrogen and oxygen atoms in total. The van der Waals surface area contributed by atoms with Crippen LogP contribution >= 0.6 is 0 Å². The van der Waals surface area contributed by atoms with Crippen molar-refractivity contribution < 1.29 is 40.6 Å². The van der Waals surface area contributed by atoms with Gasteiger partial charge in [0.1, 0.15) is 0 Å². The van der Waals surface area contributed by atoms with Gasteiger partial charge in [0.25, 0.3) is 0 Å². The Bertz CT molecular complexity index is 298. The van der Waals surface area contributed by atoms with Crippen molar-refractivity contribution >= 4 is 5.97 Å². The van der Waals surface area contributed by atoms with Crippen LogP contribution in [0.15, 0.2) is 23.8 Å². The fourth-order valence-electron chi connectivity index (χ4n) is 1.08. The molecule has 0 aromatic rings. The predicted octanol–water partition coefficient (Wildman–Crippen LogP) is 1.71. The molecule has 18 heavy (non-hydrogen) atoms. The molecule has 0 atom stereocenters. The van der Waals surface area contributed by atoms with Crippen LogP contribution in [0.1, 0.15) is 19.3 Å².